The van der Waals surface area contributed by atoms with Crippen LogP contribution in [-0.2, 0) is 0 Å². The van der Waals surface area contributed by atoms with Crippen molar-refractivity contribution in [2.24, 2.45) is 0 Å². The smallest absolute Gasteiger partial charge is 0.171 e. The number of thiophene rings is 1. The van der Waals surface area contributed by atoms with Gasteiger partial charge in [-0.2, -0.15) is 0 Å². The summed E-state index contributed by atoms with van der Waals surface area (Å²) in [6.07, 6.45) is 1.66. The second-order valence-electron chi connectivity index (χ2n) is 2.28. The minimum absolute atomic E-state index is 0.508. The van der Waals surface area contributed by atoms with Crippen LogP contribution in [0.25, 0.3) is 10.7 Å². The van der Waals surface area contributed by atoms with Gasteiger partial charge in [0.05, 0.1) is 4.88 Å². The number of rotatable bonds is 1. The Morgan fingerprint density at radius 2 is 2.25 bits per heavy atom. The quantitative estimate of drug-likeness (QED) is 0.722. The molecule has 0 amide bonds. The summed E-state index contributed by atoms with van der Waals surface area (Å²) in [6, 6.07) is 5.61. The highest BCUT2D eigenvalue weighted by atomic mass is 32.1. The van der Waals surface area contributed by atoms with Crippen molar-refractivity contribution in [1.29, 1.82) is 0 Å². The van der Waals surface area contributed by atoms with Crippen LogP contribution in [-0.4, -0.2) is 9.97 Å². The van der Waals surface area contributed by atoms with Gasteiger partial charge in [0, 0.05) is 6.20 Å². The first kappa shape index (κ1) is 7.24. The van der Waals surface area contributed by atoms with Crippen LogP contribution in [0.5, 0.6) is 0 Å². The number of nitrogens with two attached hydrogens (primary N) is 1. The van der Waals surface area contributed by atoms with Gasteiger partial charge in [-0.05, 0) is 17.5 Å². The molecule has 3 nitrogen and oxygen atoms in total. The average Bonchev–Trinajstić information content (AvgIpc) is 2.56. The van der Waals surface area contributed by atoms with Gasteiger partial charge in [-0.25, -0.2) is 9.97 Å². The number of hydrogen-bond donors (Lipinski definition) is 1. The predicted molar refractivity (Wildman–Crippen MR) is 49.8 cm³/mol. The van der Waals surface area contributed by atoms with Gasteiger partial charge in [-0.15, -0.1) is 11.3 Å². The third-order valence-electron chi connectivity index (χ3n) is 1.42. The lowest BCUT2D eigenvalue weighted by Crippen LogP contribution is -1.92. The average molecular weight is 177 g/mol. The van der Waals surface area contributed by atoms with E-state index in [-0.39, 0.29) is 0 Å². The normalized spacial score (nSPS) is 10.0. The molecule has 0 aliphatic carbocycles. The van der Waals surface area contributed by atoms with Crippen molar-refractivity contribution in [1.82, 2.24) is 9.97 Å². The molecule has 0 aromatic carbocycles. The SMILES string of the molecule is Nc1ccnc(-c2cccs2)n1. The third kappa shape index (κ3) is 1.29. The van der Waals surface area contributed by atoms with Gasteiger partial charge in [-0.3, -0.25) is 0 Å². The lowest BCUT2D eigenvalue weighted by molar-refractivity contribution is 1.19. The molecule has 0 saturated heterocycles. The molecule has 0 fully saturated rings. The zero-order chi connectivity index (χ0) is 8.39. The number of aromatic nitrogens is 2. The first-order valence-electron chi connectivity index (χ1n) is 3.48. The van der Waals surface area contributed by atoms with Crippen LogP contribution in [0.2, 0.25) is 0 Å². The van der Waals surface area contributed by atoms with Crippen LogP contribution >= 0.6 is 11.3 Å². The molecule has 12 heavy (non-hydrogen) atoms. The molecule has 2 N–H and O–H groups in total. The molecule has 60 valence electrons. The Kier molecular flexibility index (Phi) is 1.75. The number of anilines is 1. The van der Waals surface area contributed by atoms with Crippen LogP contribution < -0.4 is 5.73 Å². The van der Waals surface area contributed by atoms with Gasteiger partial charge in [0.1, 0.15) is 5.82 Å². The molecule has 0 aliphatic rings. The van der Waals surface area contributed by atoms with E-state index in [9.17, 15) is 0 Å². The topological polar surface area (TPSA) is 51.8 Å². The summed E-state index contributed by atoms with van der Waals surface area (Å²) < 4.78 is 0. The maximum atomic E-state index is 5.52. The minimum Gasteiger partial charge on any atom is -0.384 e. The fourth-order valence-corrected chi connectivity index (χ4v) is 1.56. The van der Waals surface area contributed by atoms with E-state index in [0.717, 1.165) is 4.88 Å². The molecule has 0 spiro atoms. The monoisotopic (exact) mass is 177 g/mol. The summed E-state index contributed by atoms with van der Waals surface area (Å²) in [7, 11) is 0. The van der Waals surface area contributed by atoms with E-state index in [2.05, 4.69) is 9.97 Å². The Bertz CT molecular complexity index is 370. The maximum absolute atomic E-state index is 5.52. The van der Waals surface area contributed by atoms with Crippen molar-refractivity contribution in [3.63, 3.8) is 0 Å². The molecule has 2 aromatic heterocycles. The van der Waals surface area contributed by atoms with Gasteiger partial charge in [0.25, 0.3) is 0 Å². The summed E-state index contributed by atoms with van der Waals surface area (Å²) in [5.74, 6) is 1.21. The molecule has 0 atom stereocenters. The Hall–Kier alpha value is -1.42. The Balaban J connectivity index is 2.48. The van der Waals surface area contributed by atoms with E-state index < -0.39 is 0 Å². The highest BCUT2D eigenvalue weighted by molar-refractivity contribution is 7.13. The highest BCUT2D eigenvalue weighted by Gasteiger charge is 2.00. The van der Waals surface area contributed by atoms with Crippen LogP contribution in [0.4, 0.5) is 5.82 Å². The van der Waals surface area contributed by atoms with Crippen molar-refractivity contribution in [2.75, 3.05) is 5.73 Å². The van der Waals surface area contributed by atoms with E-state index in [4.69, 9.17) is 5.73 Å². The van der Waals surface area contributed by atoms with E-state index in [1.165, 1.54) is 0 Å². The zero-order valence-corrected chi connectivity index (χ0v) is 7.08. The minimum atomic E-state index is 0.508. The number of nitrogens with zero attached hydrogens (tertiary/aromatic N) is 2. The van der Waals surface area contributed by atoms with Crippen molar-refractivity contribution in [3.8, 4) is 10.7 Å². The molecule has 0 unspecified atom stereocenters. The lowest BCUT2D eigenvalue weighted by atomic mass is 10.4. The summed E-state index contributed by atoms with van der Waals surface area (Å²) in [5.41, 5.74) is 5.52. The maximum Gasteiger partial charge on any atom is 0.171 e. The van der Waals surface area contributed by atoms with Gasteiger partial charge in [0.2, 0.25) is 0 Å². The van der Waals surface area contributed by atoms with E-state index in [0.29, 0.717) is 11.6 Å². The molecule has 4 heteroatoms. The Morgan fingerprint density at radius 1 is 1.33 bits per heavy atom. The second-order valence-corrected chi connectivity index (χ2v) is 3.23. The lowest BCUT2D eigenvalue weighted by Gasteiger charge is -1.95. The Labute approximate surface area is 73.9 Å². The molecule has 2 heterocycles. The molecule has 2 aromatic rings. The van der Waals surface area contributed by atoms with Gasteiger partial charge in [0.15, 0.2) is 5.82 Å². The van der Waals surface area contributed by atoms with Gasteiger partial charge < -0.3 is 5.73 Å². The summed E-state index contributed by atoms with van der Waals surface area (Å²) in [4.78, 5) is 9.24. The van der Waals surface area contributed by atoms with Crippen molar-refractivity contribution < 1.29 is 0 Å². The molecule has 0 saturated carbocycles. The van der Waals surface area contributed by atoms with Crippen LogP contribution in [0.15, 0.2) is 29.8 Å². The highest BCUT2D eigenvalue weighted by Crippen LogP contribution is 2.20. The van der Waals surface area contributed by atoms with E-state index in [1.807, 2.05) is 17.5 Å². The fraction of sp³-hybridized carbons (Fsp3) is 0. The van der Waals surface area contributed by atoms with Gasteiger partial charge >= 0.3 is 0 Å². The summed E-state index contributed by atoms with van der Waals surface area (Å²) in [5, 5.41) is 1.99. The largest absolute Gasteiger partial charge is 0.384 e. The van der Waals surface area contributed by atoms with Gasteiger partial charge in [-0.1, -0.05) is 6.07 Å². The fourth-order valence-electron chi connectivity index (χ4n) is 0.897. The van der Waals surface area contributed by atoms with Crippen LogP contribution in [0, 0.1) is 0 Å². The van der Waals surface area contributed by atoms with Crippen molar-refractivity contribution in [3.05, 3.63) is 29.8 Å². The summed E-state index contributed by atoms with van der Waals surface area (Å²) in [6.45, 7) is 0. The Morgan fingerprint density at radius 3 is 2.92 bits per heavy atom. The molecule has 0 bridgehead atoms. The zero-order valence-electron chi connectivity index (χ0n) is 6.27. The second kappa shape index (κ2) is 2.91. The molecular formula is C8H7N3S. The molecule has 2 rings (SSSR count). The van der Waals surface area contributed by atoms with Crippen LogP contribution in [0.3, 0.4) is 0 Å². The first-order valence-corrected chi connectivity index (χ1v) is 4.36. The summed E-state index contributed by atoms with van der Waals surface area (Å²) >= 11 is 1.60. The van der Waals surface area contributed by atoms with E-state index in [1.54, 1.807) is 23.6 Å². The number of hydrogen-bond acceptors (Lipinski definition) is 4. The van der Waals surface area contributed by atoms with Crippen molar-refractivity contribution in [2.45, 2.75) is 0 Å². The third-order valence-corrected chi connectivity index (χ3v) is 2.28. The van der Waals surface area contributed by atoms with Crippen molar-refractivity contribution >= 4 is 17.2 Å². The van der Waals surface area contributed by atoms with Crippen LogP contribution in [0.1, 0.15) is 0 Å². The van der Waals surface area contributed by atoms with E-state index >= 15 is 0 Å². The predicted octanol–water partition coefficient (Wildman–Crippen LogP) is 1.79. The molecule has 0 aliphatic heterocycles. The molecular weight excluding hydrogens is 170 g/mol. The first-order chi connectivity index (χ1) is 5.86. The number of nitrogen functional groups attached to an aromatic ring is 1. The standard InChI is InChI=1S/C8H7N3S/c9-7-3-4-10-8(11-7)6-2-1-5-12-6/h1-5H,(H2,9,10,11). The molecule has 0 radical (unpaired) electrons.